The lowest BCUT2D eigenvalue weighted by Crippen LogP contribution is -2.32. The first-order chi connectivity index (χ1) is 39.3. The number of carbonyl (C=O) groups excluding carboxylic acids is 4. The van der Waals surface area contributed by atoms with E-state index in [4.69, 9.17) is 98.3 Å². The fourth-order valence-corrected chi connectivity index (χ4v) is 6.72. The molecule has 0 saturated heterocycles. The number of hydrogen-bond donors (Lipinski definition) is 6. The van der Waals surface area contributed by atoms with Crippen molar-refractivity contribution in [1.29, 1.82) is 0 Å². The number of esters is 4. The largest absolute Gasteiger partial charge is 0.460 e. The average Bonchev–Trinajstić information content (AvgIpc) is 3.45. The van der Waals surface area contributed by atoms with Crippen LogP contribution >= 0.6 is 0 Å². The summed E-state index contributed by atoms with van der Waals surface area (Å²) < 4.78 is 77.5. The molecule has 0 aliphatic rings. The van der Waals surface area contributed by atoms with Crippen LogP contribution in [0.1, 0.15) is 177 Å². The molecule has 10 unspecified atom stereocenters. The van der Waals surface area contributed by atoms with Crippen LogP contribution in [0, 0.1) is 22.2 Å². The molecule has 0 heterocycles. The van der Waals surface area contributed by atoms with E-state index in [1.807, 2.05) is 69.2 Å². The maximum absolute atomic E-state index is 12.0. The Labute approximate surface area is 501 Å². The highest BCUT2D eigenvalue weighted by Gasteiger charge is 2.29. The molecule has 0 aromatic carbocycles. The second-order valence-electron chi connectivity index (χ2n) is 22.5. The fourth-order valence-electron chi connectivity index (χ4n) is 6.72. The minimum Gasteiger partial charge on any atom is -0.460 e. The highest BCUT2D eigenvalue weighted by Crippen LogP contribution is 2.36. The van der Waals surface area contributed by atoms with Crippen molar-refractivity contribution in [3.63, 3.8) is 0 Å². The van der Waals surface area contributed by atoms with E-state index in [2.05, 4.69) is 34.6 Å². The minimum absolute atomic E-state index is 0.0391. The van der Waals surface area contributed by atoms with Crippen molar-refractivity contribution in [2.45, 2.75) is 238 Å². The first-order valence-corrected chi connectivity index (χ1v) is 28.5. The normalized spacial score (nSPS) is 15.2. The fraction of sp³-hybridized carbons (Fsp3) is 0.932. The van der Waals surface area contributed by atoms with Crippen LogP contribution in [0.4, 0.5) is 0 Å². The van der Waals surface area contributed by atoms with Gasteiger partial charge in [-0.25, -0.2) is 0 Å². The van der Waals surface area contributed by atoms with Gasteiger partial charge in [0.05, 0.1) is 83.0 Å². The molecular formula is C59H122O24. The summed E-state index contributed by atoms with van der Waals surface area (Å²) >= 11 is 0. The number of aliphatic hydroxyl groups is 6. The molecule has 0 bridgehead atoms. The first-order valence-electron chi connectivity index (χ1n) is 29.5. The molecule has 0 rings (SSSR count). The van der Waals surface area contributed by atoms with Crippen molar-refractivity contribution >= 4 is 23.9 Å². The van der Waals surface area contributed by atoms with E-state index in [1.165, 1.54) is 49.9 Å². The summed E-state index contributed by atoms with van der Waals surface area (Å²) in [6.45, 7) is 30.9. The number of ether oxygens (including phenoxy) is 14. The van der Waals surface area contributed by atoms with Gasteiger partial charge in [0.15, 0.2) is 31.5 Å². The number of methoxy groups -OCH3 is 5. The van der Waals surface area contributed by atoms with Gasteiger partial charge in [-0.1, -0.05) is 111 Å². The second kappa shape index (κ2) is 55.8. The molecule has 0 saturated carbocycles. The molecule has 0 spiro atoms. The summed E-state index contributed by atoms with van der Waals surface area (Å²) in [6.07, 6.45) is 0.874. The third kappa shape index (κ3) is 59.4. The third-order valence-corrected chi connectivity index (χ3v) is 10.9. The maximum atomic E-state index is 12.0. The van der Waals surface area contributed by atoms with E-state index in [-0.39, 0.29) is 143 Å². The smallest absolute Gasteiger partial charge is 0.306 e. The van der Waals surface area contributed by atoms with Crippen LogP contribution < -0.4 is 0 Å². The van der Waals surface area contributed by atoms with Gasteiger partial charge in [0.25, 0.3) is 0 Å². The molecule has 0 aliphatic carbocycles. The molecule has 83 heavy (non-hydrogen) atoms. The third-order valence-electron chi connectivity index (χ3n) is 10.9. The monoisotopic (exact) mass is 1220 g/mol. The van der Waals surface area contributed by atoms with Gasteiger partial charge in [0.1, 0.15) is 26.4 Å². The Bertz CT molecular complexity index is 1460. The Balaban J connectivity index is -0.000000228. The predicted molar refractivity (Wildman–Crippen MR) is 315 cm³/mol. The van der Waals surface area contributed by atoms with E-state index in [1.54, 1.807) is 0 Å². The molecule has 24 heteroatoms. The Kier molecular flexibility index (Phi) is 59.8. The summed E-state index contributed by atoms with van der Waals surface area (Å²) in [4.78, 5) is 45.4. The van der Waals surface area contributed by atoms with Gasteiger partial charge in [-0.15, -0.1) is 0 Å². The van der Waals surface area contributed by atoms with E-state index >= 15 is 0 Å². The zero-order valence-electron chi connectivity index (χ0n) is 56.3. The van der Waals surface area contributed by atoms with Crippen molar-refractivity contribution in [3.05, 3.63) is 0 Å². The van der Waals surface area contributed by atoms with Crippen LogP contribution in [0.3, 0.4) is 0 Å². The summed E-state index contributed by atoms with van der Waals surface area (Å²) in [5.41, 5.74) is -0.0508. The SMILES string of the molecule is CCC(CO)OC(CO)OC.CCC(CO)OC(COC(=O)CC(C)(C)C)OC.CCC(CO)OC(COC(=O)CC(C)(C)CC(C)(C)C)OC.CCC(CO)OC(COC(=O)CC(C)C)OC.CCC(CO)OC(COC(C)=O)OC.[2H]C. The summed E-state index contributed by atoms with van der Waals surface area (Å²) in [7, 11) is 8.60. The van der Waals surface area contributed by atoms with E-state index in [0.29, 0.717) is 51.4 Å². The molecule has 6 N–H and O–H groups in total. The topological polar surface area (TPSA) is 319 Å². The molecule has 0 fully saturated rings. The molecule has 10 atom stereocenters. The van der Waals surface area contributed by atoms with E-state index in [0.717, 1.165) is 6.42 Å². The van der Waals surface area contributed by atoms with Gasteiger partial charge >= 0.3 is 23.9 Å². The summed E-state index contributed by atoms with van der Waals surface area (Å²) in [5.74, 6) is -0.900. The first kappa shape index (κ1) is 89.0. The molecule has 0 radical (unpaired) electrons. The number of hydrogen-bond acceptors (Lipinski definition) is 24. The van der Waals surface area contributed by atoms with Crippen LogP contribution in [-0.4, -0.2) is 218 Å². The standard InChI is InChI=1S/C17H34O5.C13H26O5.C12H24O5.C9H18O5.C7H16O4.CH4/c1-8-13(10-18)22-15(20-7)11-21-14(19)9-17(5,6)12-16(2,3)4;1-6-10(8-14)18-12(16-5)9-17-11(15)7-13(2,3)4;1-5-10(7-13)17-12(15-4)8-16-11(14)6-9(2)3;1-4-8(5-10)14-9(12-3)6-13-7(2)11;1-3-6(4-8)11-7(5-9)10-2;/h13,15,18H,8-12H2,1-7H3;10,12,14H,6-9H2,1-5H3;9-10,12-13H,5-8H2,1-4H3;8-10H,4-6H2,1-3H3;6-9H,3-5H2,1-2H3;1H4/i;;;;;1D. The van der Waals surface area contributed by atoms with Crippen molar-refractivity contribution in [3.8, 4) is 0 Å². The van der Waals surface area contributed by atoms with Crippen LogP contribution in [0.2, 0.25) is 0 Å². The van der Waals surface area contributed by atoms with Crippen LogP contribution in [0.5, 0.6) is 0 Å². The molecule has 0 aliphatic heterocycles. The number of aliphatic hydroxyl groups excluding tert-OH is 6. The van der Waals surface area contributed by atoms with Gasteiger partial charge in [0.2, 0.25) is 0 Å². The molecular weight excluding hydrogens is 1090 g/mol. The summed E-state index contributed by atoms with van der Waals surface area (Å²) in [6, 6.07) is 0. The molecule has 0 amide bonds. The van der Waals surface area contributed by atoms with Gasteiger partial charge < -0.3 is 97.0 Å². The highest BCUT2D eigenvalue weighted by molar-refractivity contribution is 5.70. The van der Waals surface area contributed by atoms with Crippen molar-refractivity contribution in [2.75, 3.05) is 102 Å². The zero-order chi connectivity index (χ0) is 66.5. The molecule has 0 aromatic rings. The lowest BCUT2D eigenvalue weighted by molar-refractivity contribution is -0.195. The highest BCUT2D eigenvalue weighted by atomic mass is 16.7. The van der Waals surface area contributed by atoms with Crippen LogP contribution in [0.15, 0.2) is 0 Å². The Hall–Kier alpha value is -2.76. The van der Waals surface area contributed by atoms with Gasteiger partial charge in [-0.2, -0.15) is 0 Å². The van der Waals surface area contributed by atoms with Crippen LogP contribution in [0.25, 0.3) is 0 Å². The van der Waals surface area contributed by atoms with Crippen molar-refractivity contribution in [1.82, 2.24) is 0 Å². The van der Waals surface area contributed by atoms with E-state index in [9.17, 15) is 19.2 Å². The minimum atomic E-state index is -0.647. The molecule has 502 valence electrons. The van der Waals surface area contributed by atoms with Gasteiger partial charge in [-0.05, 0) is 60.7 Å². The second-order valence-corrected chi connectivity index (χ2v) is 22.5. The number of carbonyl (C=O) groups is 4. The van der Waals surface area contributed by atoms with Gasteiger partial charge in [-0.3, -0.25) is 19.2 Å². The van der Waals surface area contributed by atoms with Crippen molar-refractivity contribution < 1.29 is 118 Å². The maximum Gasteiger partial charge on any atom is 0.306 e. The lowest BCUT2D eigenvalue weighted by atomic mass is 9.74. The Morgan fingerprint density at radius 1 is 0.410 bits per heavy atom. The zero-order valence-corrected chi connectivity index (χ0v) is 55.3. The average molecular weight is 1220 g/mol. The number of rotatable bonds is 40. The van der Waals surface area contributed by atoms with Gasteiger partial charge in [0, 0.05) is 50.3 Å². The van der Waals surface area contributed by atoms with E-state index < -0.39 is 31.5 Å². The lowest BCUT2D eigenvalue weighted by Gasteiger charge is -2.31. The van der Waals surface area contributed by atoms with Crippen LogP contribution in [-0.2, 0) is 85.5 Å². The predicted octanol–water partition coefficient (Wildman–Crippen LogP) is 6.89. The molecule has 24 nitrogen and oxygen atoms in total. The van der Waals surface area contributed by atoms with Crippen molar-refractivity contribution in [2.24, 2.45) is 22.2 Å². The Morgan fingerprint density at radius 2 is 0.675 bits per heavy atom. The molecule has 0 aromatic heterocycles. The Morgan fingerprint density at radius 3 is 0.892 bits per heavy atom. The summed E-state index contributed by atoms with van der Waals surface area (Å²) in [5, 5.41) is 53.3. The quantitative estimate of drug-likeness (QED) is 0.0207.